The van der Waals surface area contributed by atoms with E-state index < -0.39 is 6.04 Å². The number of imide groups is 1. The summed E-state index contributed by atoms with van der Waals surface area (Å²) < 4.78 is 0. The molecular weight excluding hydrogens is 344 g/mol. The molecule has 0 bridgehead atoms. The maximum Gasteiger partial charge on any atom is 0.327 e. The average Bonchev–Trinajstić information content (AvgIpc) is 3.20. The number of nitrogens with one attached hydrogen (secondary N) is 1. The number of piperazine rings is 1. The van der Waals surface area contributed by atoms with Crippen LogP contribution in [0.3, 0.4) is 0 Å². The van der Waals surface area contributed by atoms with E-state index in [0.29, 0.717) is 18.5 Å². The molecule has 1 aromatic rings. The van der Waals surface area contributed by atoms with Crippen LogP contribution in [-0.2, 0) is 9.59 Å². The zero-order valence-electron chi connectivity index (χ0n) is 15.8. The van der Waals surface area contributed by atoms with Crippen molar-refractivity contribution in [2.45, 2.75) is 38.3 Å². The number of urea groups is 1. The largest absolute Gasteiger partial charge is 0.367 e. The van der Waals surface area contributed by atoms with Crippen molar-refractivity contribution in [3.8, 4) is 0 Å². The summed E-state index contributed by atoms with van der Waals surface area (Å²) in [6.45, 7) is 2.40. The Hall–Kier alpha value is -2.83. The van der Waals surface area contributed by atoms with Gasteiger partial charge in [0.05, 0.1) is 6.04 Å². The first-order valence-electron chi connectivity index (χ1n) is 9.38. The molecule has 1 aliphatic carbocycles. The van der Waals surface area contributed by atoms with Crippen molar-refractivity contribution >= 4 is 17.8 Å². The van der Waals surface area contributed by atoms with Gasteiger partial charge in [0.1, 0.15) is 12.6 Å². The number of H-pyrrole nitrogens is 1. The van der Waals surface area contributed by atoms with Crippen LogP contribution in [0.15, 0.2) is 42.8 Å². The van der Waals surface area contributed by atoms with Gasteiger partial charge in [-0.05, 0) is 18.9 Å². The number of carbonyl (C=O) groups is 3. The number of aromatic nitrogens is 1. The highest BCUT2D eigenvalue weighted by Gasteiger charge is 2.43. The van der Waals surface area contributed by atoms with E-state index in [1.807, 2.05) is 24.3 Å². The first-order chi connectivity index (χ1) is 13.0. The van der Waals surface area contributed by atoms with E-state index in [0.717, 1.165) is 17.7 Å². The zero-order valence-corrected chi connectivity index (χ0v) is 15.8. The van der Waals surface area contributed by atoms with Crippen LogP contribution < -0.4 is 0 Å². The highest BCUT2D eigenvalue weighted by molar-refractivity contribution is 6.05. The maximum atomic E-state index is 13.3. The minimum absolute atomic E-state index is 0.0951. The van der Waals surface area contributed by atoms with Gasteiger partial charge in [-0.1, -0.05) is 37.6 Å². The van der Waals surface area contributed by atoms with E-state index in [9.17, 15) is 14.4 Å². The standard InChI is InChI=1S/C20H26N4O3/c1-3-4-12-23(16-8-6-5-7-9-16)20(27)24-14-17(25)22(2)18(19(24)26)15-10-11-21-13-15/h5-8,10-11,13,16,18,21H,3-4,9,12,14H2,1-2H3. The molecular formula is C20H26N4O3. The van der Waals surface area contributed by atoms with Crippen LogP contribution in [-0.4, -0.2) is 63.7 Å². The predicted octanol–water partition coefficient (Wildman–Crippen LogP) is 2.46. The van der Waals surface area contributed by atoms with Gasteiger partial charge in [0.2, 0.25) is 5.91 Å². The number of hydrogen-bond acceptors (Lipinski definition) is 3. The van der Waals surface area contributed by atoms with Crippen LogP contribution in [0.1, 0.15) is 37.8 Å². The zero-order chi connectivity index (χ0) is 19.4. The van der Waals surface area contributed by atoms with Crippen LogP contribution in [0.2, 0.25) is 0 Å². The van der Waals surface area contributed by atoms with Crippen LogP contribution in [0.5, 0.6) is 0 Å². The smallest absolute Gasteiger partial charge is 0.327 e. The van der Waals surface area contributed by atoms with Gasteiger partial charge >= 0.3 is 6.03 Å². The number of likely N-dealkylation sites (N-methyl/N-ethyl adjacent to an activating group) is 1. The second-order valence-electron chi connectivity index (χ2n) is 6.92. The third-order valence-corrected chi connectivity index (χ3v) is 5.10. The molecule has 3 rings (SSSR count). The van der Waals surface area contributed by atoms with Gasteiger partial charge in [-0.3, -0.25) is 14.5 Å². The molecule has 0 spiro atoms. The van der Waals surface area contributed by atoms with Crippen molar-refractivity contribution in [1.29, 1.82) is 0 Å². The van der Waals surface area contributed by atoms with Crippen LogP contribution in [0, 0.1) is 0 Å². The molecule has 1 N–H and O–H groups in total. The van der Waals surface area contributed by atoms with Crippen LogP contribution in [0.4, 0.5) is 4.79 Å². The number of hydrogen-bond donors (Lipinski definition) is 1. The van der Waals surface area contributed by atoms with Gasteiger partial charge in [-0.25, -0.2) is 4.79 Å². The highest BCUT2D eigenvalue weighted by atomic mass is 16.2. The van der Waals surface area contributed by atoms with E-state index in [1.165, 1.54) is 4.90 Å². The molecule has 2 unspecified atom stereocenters. The van der Waals surface area contributed by atoms with Crippen LogP contribution >= 0.6 is 0 Å². The molecule has 0 radical (unpaired) electrons. The fourth-order valence-electron chi connectivity index (χ4n) is 3.50. The van der Waals surface area contributed by atoms with Gasteiger partial charge in [0.15, 0.2) is 0 Å². The van der Waals surface area contributed by atoms with Gasteiger partial charge in [0.25, 0.3) is 5.91 Å². The number of unbranched alkanes of at least 4 members (excludes halogenated alkanes) is 1. The van der Waals surface area contributed by atoms with Crippen molar-refractivity contribution in [1.82, 2.24) is 19.7 Å². The van der Waals surface area contributed by atoms with E-state index >= 15 is 0 Å². The van der Waals surface area contributed by atoms with Gasteiger partial charge in [0, 0.05) is 31.5 Å². The third-order valence-electron chi connectivity index (χ3n) is 5.10. The SMILES string of the molecule is CCCCN(C(=O)N1CC(=O)N(C)C(c2cc[nH]c2)C1=O)C1C=CC=CC1. The molecule has 1 aromatic heterocycles. The topological polar surface area (TPSA) is 76.7 Å². The van der Waals surface area contributed by atoms with Crippen molar-refractivity contribution in [2.75, 3.05) is 20.1 Å². The first kappa shape index (κ1) is 18.9. The summed E-state index contributed by atoms with van der Waals surface area (Å²) in [6, 6.07) is 0.489. The molecule has 1 saturated heterocycles. The summed E-state index contributed by atoms with van der Waals surface area (Å²) in [4.78, 5) is 46.0. The average molecular weight is 370 g/mol. The van der Waals surface area contributed by atoms with Crippen molar-refractivity contribution in [3.05, 3.63) is 48.3 Å². The number of allylic oxidation sites excluding steroid dienone is 2. The number of amides is 4. The van der Waals surface area contributed by atoms with Gasteiger partial charge < -0.3 is 14.8 Å². The molecule has 7 heteroatoms. The van der Waals surface area contributed by atoms with E-state index in [-0.39, 0.29) is 30.4 Å². The molecule has 7 nitrogen and oxygen atoms in total. The van der Waals surface area contributed by atoms with E-state index in [1.54, 1.807) is 30.4 Å². The highest BCUT2D eigenvalue weighted by Crippen LogP contribution is 2.27. The Kier molecular flexibility index (Phi) is 5.78. The quantitative estimate of drug-likeness (QED) is 0.865. The molecule has 2 heterocycles. The second kappa shape index (κ2) is 8.24. The molecule has 2 atom stereocenters. The summed E-state index contributed by atoms with van der Waals surface area (Å²) in [6.07, 6.45) is 13.7. The molecule has 4 amide bonds. The second-order valence-corrected chi connectivity index (χ2v) is 6.92. The Morgan fingerprint density at radius 3 is 2.78 bits per heavy atom. The summed E-state index contributed by atoms with van der Waals surface area (Å²) in [5, 5.41) is 0. The number of rotatable bonds is 5. The summed E-state index contributed by atoms with van der Waals surface area (Å²) in [7, 11) is 1.60. The monoisotopic (exact) mass is 370 g/mol. The minimum atomic E-state index is -0.781. The molecule has 27 heavy (non-hydrogen) atoms. The molecule has 144 valence electrons. The lowest BCUT2D eigenvalue weighted by Crippen LogP contribution is -2.59. The number of aromatic amines is 1. The summed E-state index contributed by atoms with van der Waals surface area (Å²) >= 11 is 0. The Balaban J connectivity index is 1.86. The van der Waals surface area contributed by atoms with Crippen molar-refractivity contribution < 1.29 is 14.4 Å². The molecule has 0 saturated carbocycles. The third kappa shape index (κ3) is 3.82. The fraction of sp³-hybridized carbons (Fsp3) is 0.450. The van der Waals surface area contributed by atoms with Crippen LogP contribution in [0.25, 0.3) is 0 Å². The Labute approximate surface area is 159 Å². The Bertz CT molecular complexity index is 753. The minimum Gasteiger partial charge on any atom is -0.367 e. The van der Waals surface area contributed by atoms with Gasteiger partial charge in [-0.15, -0.1) is 0 Å². The summed E-state index contributed by atoms with van der Waals surface area (Å²) in [5.41, 5.74) is 0.675. The number of nitrogens with zero attached hydrogens (tertiary/aromatic N) is 3. The number of carbonyl (C=O) groups excluding carboxylic acids is 3. The fourth-order valence-corrected chi connectivity index (χ4v) is 3.50. The normalized spacial score (nSPS) is 22.4. The molecule has 1 aliphatic heterocycles. The maximum absolute atomic E-state index is 13.3. The van der Waals surface area contributed by atoms with E-state index in [2.05, 4.69) is 11.9 Å². The molecule has 2 aliphatic rings. The van der Waals surface area contributed by atoms with Gasteiger partial charge in [-0.2, -0.15) is 0 Å². The molecule has 0 aromatic carbocycles. The van der Waals surface area contributed by atoms with E-state index in [4.69, 9.17) is 0 Å². The van der Waals surface area contributed by atoms with Crippen molar-refractivity contribution in [2.24, 2.45) is 0 Å². The summed E-state index contributed by atoms with van der Waals surface area (Å²) in [5.74, 6) is -0.609. The predicted molar refractivity (Wildman–Crippen MR) is 102 cm³/mol. The Morgan fingerprint density at radius 1 is 1.33 bits per heavy atom. The van der Waals surface area contributed by atoms with Crippen molar-refractivity contribution in [3.63, 3.8) is 0 Å². The Morgan fingerprint density at radius 2 is 2.15 bits per heavy atom. The first-order valence-corrected chi connectivity index (χ1v) is 9.38. The lowest BCUT2D eigenvalue weighted by molar-refractivity contribution is -0.152. The molecule has 1 fully saturated rings. The lowest BCUT2D eigenvalue weighted by atomic mass is 10.0. The lowest BCUT2D eigenvalue weighted by Gasteiger charge is -2.40.